The molecule has 2 aromatic rings. The fourth-order valence-electron chi connectivity index (χ4n) is 4.32. The van der Waals surface area contributed by atoms with Crippen molar-refractivity contribution in [2.75, 3.05) is 10.8 Å². The molecular formula is C24H31ClN4O6S. The molecule has 0 spiro atoms. The van der Waals surface area contributed by atoms with Crippen LogP contribution in [0.15, 0.2) is 29.3 Å². The standard InChI is InChI=1S/C24H31ClN4O6S/c1-5-28-14-19(21(25)27-28)36(32,33)29-13-16(12-24(8-9-24)22(26)31)34-18-7-6-15(10-17(18)29)11-20(30)35-23(2,3)4/h6-7,10,14,16H,5,8-9,11-13H2,1-4H3,(H2,26,31)/t16-/m0/s1. The maximum atomic E-state index is 13.8. The highest BCUT2D eigenvalue weighted by Crippen LogP contribution is 2.51. The molecule has 36 heavy (non-hydrogen) atoms. The van der Waals surface area contributed by atoms with Crippen molar-refractivity contribution in [1.82, 2.24) is 9.78 Å². The summed E-state index contributed by atoms with van der Waals surface area (Å²) in [5.74, 6) is -0.524. The second-order valence-corrected chi connectivity index (χ2v) is 12.5. The largest absolute Gasteiger partial charge is 0.486 e. The summed E-state index contributed by atoms with van der Waals surface area (Å²) in [5.41, 5.74) is 5.12. The quantitative estimate of drug-likeness (QED) is 0.510. The topological polar surface area (TPSA) is 134 Å². The van der Waals surface area contributed by atoms with Crippen LogP contribution in [0.5, 0.6) is 5.75 Å². The van der Waals surface area contributed by atoms with Gasteiger partial charge in [0.25, 0.3) is 10.0 Å². The van der Waals surface area contributed by atoms with Crippen LogP contribution in [-0.4, -0.2) is 48.3 Å². The maximum Gasteiger partial charge on any atom is 0.310 e. The van der Waals surface area contributed by atoms with E-state index < -0.39 is 39.0 Å². The second kappa shape index (κ2) is 9.26. The number of carbonyl (C=O) groups excluding carboxylic acids is 2. The number of aryl methyl sites for hydroxylation is 1. The molecule has 2 aliphatic rings. The smallest absolute Gasteiger partial charge is 0.310 e. The van der Waals surface area contributed by atoms with Crippen molar-refractivity contribution in [3.05, 3.63) is 35.1 Å². The number of benzene rings is 1. The third kappa shape index (κ3) is 5.31. The van der Waals surface area contributed by atoms with Gasteiger partial charge in [0.15, 0.2) is 5.15 Å². The lowest BCUT2D eigenvalue weighted by molar-refractivity contribution is -0.153. The molecule has 1 aliphatic carbocycles. The molecule has 4 rings (SSSR count). The highest BCUT2D eigenvalue weighted by molar-refractivity contribution is 7.93. The molecule has 1 aliphatic heterocycles. The Labute approximate surface area is 215 Å². The average Bonchev–Trinajstić information content (AvgIpc) is 3.45. The summed E-state index contributed by atoms with van der Waals surface area (Å²) >= 11 is 6.22. The molecule has 2 heterocycles. The lowest BCUT2D eigenvalue weighted by atomic mass is 9.96. The van der Waals surface area contributed by atoms with Gasteiger partial charge in [-0.05, 0) is 58.2 Å². The molecule has 10 nitrogen and oxygen atoms in total. The third-order valence-corrected chi connectivity index (χ3v) is 8.47. The van der Waals surface area contributed by atoms with Crippen molar-refractivity contribution in [3.8, 4) is 5.75 Å². The fraction of sp³-hybridized carbons (Fsp3) is 0.542. The number of rotatable bonds is 8. The molecule has 1 saturated carbocycles. The van der Waals surface area contributed by atoms with Crippen molar-refractivity contribution in [2.24, 2.45) is 11.1 Å². The van der Waals surface area contributed by atoms with Gasteiger partial charge < -0.3 is 15.2 Å². The fourth-order valence-corrected chi connectivity index (χ4v) is 6.27. The summed E-state index contributed by atoms with van der Waals surface area (Å²) in [4.78, 5) is 24.3. The molecule has 0 radical (unpaired) electrons. The molecular weight excluding hydrogens is 508 g/mol. The summed E-state index contributed by atoms with van der Waals surface area (Å²) in [6.07, 6.45) is 2.34. The first-order chi connectivity index (χ1) is 16.7. The summed E-state index contributed by atoms with van der Waals surface area (Å²) in [7, 11) is -4.15. The number of hydrogen-bond donors (Lipinski definition) is 1. The molecule has 196 valence electrons. The average molecular weight is 539 g/mol. The van der Waals surface area contributed by atoms with Gasteiger partial charge in [0, 0.05) is 19.2 Å². The lowest BCUT2D eigenvalue weighted by Gasteiger charge is -2.36. The zero-order valence-electron chi connectivity index (χ0n) is 20.8. The number of fused-ring (bicyclic) bond motifs is 1. The number of nitrogens with zero attached hydrogens (tertiary/aromatic N) is 3. The Morgan fingerprint density at radius 1 is 1.31 bits per heavy atom. The van der Waals surface area contributed by atoms with Crippen molar-refractivity contribution >= 4 is 39.2 Å². The number of esters is 1. The van der Waals surface area contributed by atoms with E-state index in [1.54, 1.807) is 39.0 Å². The summed E-state index contributed by atoms with van der Waals surface area (Å²) in [6.45, 7) is 7.55. The van der Waals surface area contributed by atoms with Gasteiger partial charge in [-0.2, -0.15) is 5.10 Å². The number of anilines is 1. The van der Waals surface area contributed by atoms with Crippen LogP contribution in [0, 0.1) is 5.41 Å². The number of nitrogens with two attached hydrogens (primary N) is 1. The van der Waals surface area contributed by atoms with E-state index in [4.69, 9.17) is 26.8 Å². The monoisotopic (exact) mass is 538 g/mol. The minimum absolute atomic E-state index is 0.0405. The normalized spacial score (nSPS) is 18.8. The predicted octanol–water partition coefficient (Wildman–Crippen LogP) is 3.05. The van der Waals surface area contributed by atoms with Crippen LogP contribution in [0.25, 0.3) is 0 Å². The summed E-state index contributed by atoms with van der Waals surface area (Å²) in [6, 6.07) is 4.93. The first-order valence-electron chi connectivity index (χ1n) is 11.8. The lowest BCUT2D eigenvalue weighted by Crippen LogP contribution is -2.45. The maximum absolute atomic E-state index is 13.8. The number of ether oxygens (including phenoxy) is 2. The van der Waals surface area contributed by atoms with E-state index in [0.717, 1.165) is 0 Å². The highest BCUT2D eigenvalue weighted by atomic mass is 35.5. The number of amides is 1. The number of sulfonamides is 1. The summed E-state index contributed by atoms with van der Waals surface area (Å²) < 4.78 is 41.9. The zero-order valence-corrected chi connectivity index (χ0v) is 22.4. The van der Waals surface area contributed by atoms with E-state index in [2.05, 4.69) is 5.10 Å². The number of primary amides is 1. The number of aromatic nitrogens is 2. The molecule has 1 amide bonds. The van der Waals surface area contributed by atoms with Crippen LogP contribution in [0.1, 0.15) is 52.5 Å². The van der Waals surface area contributed by atoms with Crippen molar-refractivity contribution < 1.29 is 27.5 Å². The van der Waals surface area contributed by atoms with Gasteiger partial charge >= 0.3 is 5.97 Å². The Bertz CT molecular complexity index is 1300. The molecule has 2 N–H and O–H groups in total. The van der Waals surface area contributed by atoms with Crippen LogP contribution in [0.4, 0.5) is 5.69 Å². The Morgan fingerprint density at radius 3 is 2.56 bits per heavy atom. The van der Waals surface area contributed by atoms with Crippen molar-refractivity contribution in [2.45, 2.75) is 76.5 Å². The van der Waals surface area contributed by atoms with Gasteiger partial charge in [-0.15, -0.1) is 0 Å². The predicted molar refractivity (Wildman–Crippen MR) is 133 cm³/mol. The zero-order chi connectivity index (χ0) is 26.5. The molecule has 1 aromatic heterocycles. The van der Waals surface area contributed by atoms with Crippen LogP contribution in [-0.2, 0) is 37.3 Å². The Kier molecular flexibility index (Phi) is 6.76. The van der Waals surface area contributed by atoms with E-state index >= 15 is 0 Å². The van der Waals surface area contributed by atoms with E-state index in [1.807, 2.05) is 6.92 Å². The van der Waals surface area contributed by atoms with Crippen LogP contribution in [0.2, 0.25) is 5.15 Å². The van der Waals surface area contributed by atoms with Crippen LogP contribution >= 0.6 is 11.6 Å². The Hall–Kier alpha value is -2.79. The number of carbonyl (C=O) groups is 2. The van der Waals surface area contributed by atoms with Gasteiger partial charge in [-0.3, -0.25) is 18.6 Å². The van der Waals surface area contributed by atoms with E-state index in [0.29, 0.717) is 37.1 Å². The van der Waals surface area contributed by atoms with E-state index in [-0.39, 0.29) is 28.7 Å². The van der Waals surface area contributed by atoms with Gasteiger partial charge in [-0.25, -0.2) is 8.42 Å². The van der Waals surface area contributed by atoms with Gasteiger partial charge in [0.05, 0.1) is 24.1 Å². The minimum Gasteiger partial charge on any atom is -0.486 e. The van der Waals surface area contributed by atoms with Gasteiger partial charge in [0.2, 0.25) is 5.91 Å². The first kappa shape index (κ1) is 26.3. The SMILES string of the molecule is CCn1cc(S(=O)(=O)N2C[C@H](CC3(C(N)=O)CC3)Oc3ccc(CC(=O)OC(C)(C)C)cc32)c(Cl)n1. The number of halogens is 1. The summed E-state index contributed by atoms with van der Waals surface area (Å²) in [5, 5.41) is 3.93. The molecule has 1 atom stereocenters. The van der Waals surface area contributed by atoms with E-state index in [1.165, 1.54) is 15.2 Å². The molecule has 1 aromatic carbocycles. The highest BCUT2D eigenvalue weighted by Gasteiger charge is 2.51. The number of hydrogen-bond acceptors (Lipinski definition) is 7. The van der Waals surface area contributed by atoms with Crippen LogP contribution in [0.3, 0.4) is 0 Å². The van der Waals surface area contributed by atoms with Crippen LogP contribution < -0.4 is 14.8 Å². The second-order valence-electron chi connectivity index (χ2n) is 10.3. The Morgan fingerprint density at radius 2 is 2.00 bits per heavy atom. The molecule has 0 unspecified atom stereocenters. The third-order valence-electron chi connectivity index (χ3n) is 6.30. The van der Waals surface area contributed by atoms with Gasteiger partial charge in [-0.1, -0.05) is 17.7 Å². The van der Waals surface area contributed by atoms with E-state index in [9.17, 15) is 18.0 Å². The van der Waals surface area contributed by atoms with Crippen molar-refractivity contribution in [3.63, 3.8) is 0 Å². The molecule has 0 bridgehead atoms. The Balaban J connectivity index is 1.71. The first-order valence-corrected chi connectivity index (χ1v) is 13.6. The minimum atomic E-state index is -4.15. The molecule has 1 fully saturated rings. The van der Waals surface area contributed by atoms with Crippen molar-refractivity contribution in [1.29, 1.82) is 0 Å². The molecule has 12 heteroatoms. The van der Waals surface area contributed by atoms with Gasteiger partial charge in [0.1, 0.15) is 22.4 Å². The molecule has 0 saturated heterocycles.